The molecule has 2 aliphatic rings. The number of benzene rings is 1. The van der Waals surface area contributed by atoms with E-state index in [2.05, 4.69) is 13.8 Å². The van der Waals surface area contributed by atoms with Crippen molar-refractivity contribution in [2.24, 2.45) is 5.92 Å². The van der Waals surface area contributed by atoms with Crippen molar-refractivity contribution in [2.45, 2.75) is 154 Å². The van der Waals surface area contributed by atoms with Crippen LogP contribution in [0.1, 0.15) is 135 Å². The number of carbonyl (C=O) groups excluding carboxylic acids is 3. The van der Waals surface area contributed by atoms with Crippen molar-refractivity contribution in [3.05, 3.63) is 35.9 Å². The van der Waals surface area contributed by atoms with E-state index >= 15 is 0 Å². The van der Waals surface area contributed by atoms with Gasteiger partial charge in [-0.15, -0.1) is 0 Å². The third-order valence-corrected chi connectivity index (χ3v) is 8.76. The highest BCUT2D eigenvalue weighted by molar-refractivity contribution is 5.82. The quantitative estimate of drug-likeness (QED) is 0.0817. The van der Waals surface area contributed by atoms with Gasteiger partial charge in [-0.25, -0.2) is 9.59 Å². The molecular weight excluding hydrogens is 530 g/mol. The number of hydrogen-bond donors (Lipinski definition) is 0. The zero-order chi connectivity index (χ0) is 30.0. The Morgan fingerprint density at radius 3 is 2.21 bits per heavy atom. The highest BCUT2D eigenvalue weighted by Gasteiger charge is 2.44. The van der Waals surface area contributed by atoms with E-state index in [1.165, 1.54) is 56.3 Å². The summed E-state index contributed by atoms with van der Waals surface area (Å²) in [4.78, 5) is 40.0. The summed E-state index contributed by atoms with van der Waals surface area (Å²) in [6.07, 6.45) is 18.0. The highest BCUT2D eigenvalue weighted by atomic mass is 16.6. The number of carbonyl (C=O) groups is 3. The lowest BCUT2D eigenvalue weighted by Gasteiger charge is -2.37. The van der Waals surface area contributed by atoms with Gasteiger partial charge in [0.2, 0.25) is 0 Å². The Labute approximate surface area is 254 Å². The second kappa shape index (κ2) is 19.6. The molecule has 42 heavy (non-hydrogen) atoms. The van der Waals surface area contributed by atoms with Crippen LogP contribution in [-0.2, 0) is 30.4 Å². The molecule has 0 N–H and O–H groups in total. The molecule has 236 valence electrons. The number of nitrogens with zero attached hydrogens (tertiary/aromatic N) is 1. The summed E-state index contributed by atoms with van der Waals surface area (Å²) < 4.78 is 17.2. The summed E-state index contributed by atoms with van der Waals surface area (Å²) in [5.41, 5.74) is 0.907. The first-order chi connectivity index (χ1) is 20.5. The minimum atomic E-state index is -0.632. The molecule has 1 aromatic rings. The fraction of sp³-hybridized carbons (Fsp3) is 0.743. The second-order valence-corrected chi connectivity index (χ2v) is 12.2. The third-order valence-electron chi connectivity index (χ3n) is 8.76. The molecule has 7 nitrogen and oxygen atoms in total. The third kappa shape index (κ3) is 11.6. The van der Waals surface area contributed by atoms with Crippen molar-refractivity contribution >= 4 is 18.0 Å². The second-order valence-electron chi connectivity index (χ2n) is 12.2. The molecule has 1 aromatic carbocycles. The minimum Gasteiger partial charge on any atom is -0.461 e. The molecule has 0 radical (unpaired) electrons. The number of rotatable bonds is 21. The summed E-state index contributed by atoms with van der Waals surface area (Å²) in [7, 11) is 0. The van der Waals surface area contributed by atoms with Crippen LogP contribution in [-0.4, -0.2) is 47.7 Å². The number of unbranched alkanes of at least 4 members (excludes halogenated alkanes) is 11. The maximum absolute atomic E-state index is 13.4. The monoisotopic (exact) mass is 585 g/mol. The van der Waals surface area contributed by atoms with Gasteiger partial charge < -0.3 is 14.2 Å². The van der Waals surface area contributed by atoms with Crippen LogP contribution < -0.4 is 0 Å². The standard InChI is InChI=1S/C35H55NO6/c1-3-5-7-9-10-11-12-13-17-22-29(26-32-30(33(37)42-32)23-18-8-6-4-2)41-34(38)31-24-19-25-36(31)35(39)40-27-28-20-15-14-16-21-28/h14-16,20-21,29-32H,3-13,17-19,22-27H2,1-2H3/t29-,30-,31-,32-/m0/s1. The molecule has 0 aromatic heterocycles. The molecule has 2 heterocycles. The van der Waals surface area contributed by atoms with Crippen molar-refractivity contribution in [1.82, 2.24) is 4.90 Å². The fourth-order valence-electron chi connectivity index (χ4n) is 6.15. The van der Waals surface area contributed by atoms with Crippen LogP contribution in [0.25, 0.3) is 0 Å². The van der Waals surface area contributed by atoms with Crippen LogP contribution in [0.4, 0.5) is 4.79 Å². The molecule has 2 fully saturated rings. The Hall–Kier alpha value is -2.57. The topological polar surface area (TPSA) is 82.1 Å². The smallest absolute Gasteiger partial charge is 0.410 e. The molecule has 0 bridgehead atoms. The lowest BCUT2D eigenvalue weighted by Crippen LogP contribution is -2.48. The summed E-state index contributed by atoms with van der Waals surface area (Å²) in [6, 6.07) is 8.91. The average molecular weight is 586 g/mol. The molecular formula is C35H55NO6. The summed E-state index contributed by atoms with van der Waals surface area (Å²) >= 11 is 0. The maximum atomic E-state index is 13.4. The molecule has 2 saturated heterocycles. The lowest BCUT2D eigenvalue weighted by atomic mass is 9.86. The molecule has 4 atom stereocenters. The van der Waals surface area contributed by atoms with Gasteiger partial charge in [0.15, 0.2) is 0 Å². The van der Waals surface area contributed by atoms with Gasteiger partial charge >= 0.3 is 18.0 Å². The number of hydrogen-bond acceptors (Lipinski definition) is 6. The molecule has 0 spiro atoms. The molecule has 2 aliphatic heterocycles. The van der Waals surface area contributed by atoms with Gasteiger partial charge in [0.05, 0.1) is 5.92 Å². The molecule has 0 unspecified atom stereocenters. The average Bonchev–Trinajstić information content (AvgIpc) is 3.49. The lowest BCUT2D eigenvalue weighted by molar-refractivity contribution is -0.190. The fourth-order valence-corrected chi connectivity index (χ4v) is 6.15. The summed E-state index contributed by atoms with van der Waals surface area (Å²) in [5, 5.41) is 0. The first kappa shape index (κ1) is 33.9. The molecule has 1 amide bonds. The van der Waals surface area contributed by atoms with Crippen molar-refractivity contribution < 1.29 is 28.6 Å². The number of ether oxygens (including phenoxy) is 3. The zero-order valence-electron chi connectivity index (χ0n) is 26.2. The number of cyclic esters (lactones) is 1. The van der Waals surface area contributed by atoms with E-state index in [4.69, 9.17) is 14.2 Å². The normalized spacial score (nSPS) is 20.6. The van der Waals surface area contributed by atoms with Crippen LogP contribution in [0, 0.1) is 5.92 Å². The van der Waals surface area contributed by atoms with E-state index in [0.29, 0.717) is 19.4 Å². The predicted molar refractivity (Wildman–Crippen MR) is 165 cm³/mol. The molecule has 0 saturated carbocycles. The first-order valence-corrected chi connectivity index (χ1v) is 16.9. The van der Waals surface area contributed by atoms with Crippen LogP contribution in [0.5, 0.6) is 0 Å². The number of amides is 1. The zero-order valence-corrected chi connectivity index (χ0v) is 26.2. The van der Waals surface area contributed by atoms with Crippen LogP contribution in [0.2, 0.25) is 0 Å². The Bertz CT molecular complexity index is 921. The highest BCUT2D eigenvalue weighted by Crippen LogP contribution is 2.33. The van der Waals surface area contributed by atoms with Crippen molar-refractivity contribution in [1.29, 1.82) is 0 Å². The molecule has 0 aliphatic carbocycles. The number of likely N-dealkylation sites (tertiary alicyclic amines) is 1. The van der Waals surface area contributed by atoms with Gasteiger partial charge in [-0.2, -0.15) is 0 Å². The van der Waals surface area contributed by atoms with E-state index in [1.54, 1.807) is 0 Å². The van der Waals surface area contributed by atoms with Crippen LogP contribution in [0.3, 0.4) is 0 Å². The van der Waals surface area contributed by atoms with Gasteiger partial charge in [-0.1, -0.05) is 121 Å². The van der Waals surface area contributed by atoms with E-state index in [-0.39, 0.29) is 36.7 Å². The van der Waals surface area contributed by atoms with E-state index in [9.17, 15) is 14.4 Å². The SMILES string of the molecule is CCCCCCCCCCC[C@@H](C[C@@H]1OC(=O)[C@H]1CCCCCC)OC(=O)[C@@H]1CCCN1C(=O)OCc1ccccc1. The van der Waals surface area contributed by atoms with Crippen LogP contribution >= 0.6 is 0 Å². The minimum absolute atomic E-state index is 0.0953. The predicted octanol–water partition coefficient (Wildman–Crippen LogP) is 8.52. The van der Waals surface area contributed by atoms with Gasteiger partial charge in [0, 0.05) is 13.0 Å². The van der Waals surface area contributed by atoms with Gasteiger partial charge in [-0.3, -0.25) is 9.69 Å². The van der Waals surface area contributed by atoms with Gasteiger partial charge in [0.25, 0.3) is 0 Å². The van der Waals surface area contributed by atoms with Crippen molar-refractivity contribution in [3.63, 3.8) is 0 Å². The Balaban J connectivity index is 1.51. The first-order valence-electron chi connectivity index (χ1n) is 16.9. The Kier molecular flexibility index (Phi) is 15.8. The van der Waals surface area contributed by atoms with E-state index in [0.717, 1.165) is 56.9 Å². The Morgan fingerprint density at radius 2 is 1.55 bits per heavy atom. The van der Waals surface area contributed by atoms with E-state index in [1.807, 2.05) is 30.3 Å². The van der Waals surface area contributed by atoms with Crippen molar-refractivity contribution in [2.75, 3.05) is 6.54 Å². The Morgan fingerprint density at radius 1 is 0.905 bits per heavy atom. The van der Waals surface area contributed by atoms with Crippen LogP contribution in [0.15, 0.2) is 30.3 Å². The largest absolute Gasteiger partial charge is 0.461 e. The van der Waals surface area contributed by atoms with Crippen molar-refractivity contribution in [3.8, 4) is 0 Å². The molecule has 3 rings (SSSR count). The molecule has 7 heteroatoms. The number of esters is 2. The summed E-state index contributed by atoms with van der Waals surface area (Å²) in [6.45, 7) is 5.08. The maximum Gasteiger partial charge on any atom is 0.410 e. The van der Waals surface area contributed by atoms with Gasteiger partial charge in [0.1, 0.15) is 24.9 Å². The van der Waals surface area contributed by atoms with E-state index < -0.39 is 12.1 Å². The summed E-state index contributed by atoms with van der Waals surface area (Å²) in [5.74, 6) is -0.579. The van der Waals surface area contributed by atoms with Gasteiger partial charge in [-0.05, 0) is 37.7 Å².